The summed E-state index contributed by atoms with van der Waals surface area (Å²) in [5, 5.41) is 13.5. The summed E-state index contributed by atoms with van der Waals surface area (Å²) in [6, 6.07) is 4.35. The third-order valence-corrected chi connectivity index (χ3v) is 3.42. The van der Waals surface area contributed by atoms with Crippen LogP contribution in [0.4, 0.5) is 10.1 Å². The van der Waals surface area contributed by atoms with Gasteiger partial charge in [-0.2, -0.15) is 0 Å². The number of aryl methyl sites for hydroxylation is 1. The normalized spacial score (nSPS) is 15.1. The van der Waals surface area contributed by atoms with Crippen LogP contribution in [0.3, 0.4) is 0 Å². The maximum absolute atomic E-state index is 13.4. The largest absolute Gasteiger partial charge is 0.545 e. The molecule has 0 aliphatic heterocycles. The summed E-state index contributed by atoms with van der Waals surface area (Å²) < 4.78 is 13.4. The Morgan fingerprint density at radius 3 is 2.45 bits per heavy atom. The van der Waals surface area contributed by atoms with Crippen LogP contribution in [-0.4, -0.2) is 11.9 Å². The molecule has 0 atom stereocenters. The Hall–Kier alpha value is -2.17. The van der Waals surface area contributed by atoms with Gasteiger partial charge in [0.2, 0.25) is 0 Å². The highest BCUT2D eigenvalue weighted by molar-refractivity contribution is 6.08. The van der Waals surface area contributed by atoms with Crippen LogP contribution in [0.15, 0.2) is 29.3 Å². The van der Waals surface area contributed by atoms with Gasteiger partial charge in [0, 0.05) is 11.3 Å². The molecule has 20 heavy (non-hydrogen) atoms. The summed E-state index contributed by atoms with van der Waals surface area (Å²) in [5.41, 5.74) is 1.09. The first-order valence-corrected chi connectivity index (χ1v) is 6.50. The zero-order chi connectivity index (χ0) is 14.7. The fourth-order valence-electron chi connectivity index (χ4n) is 2.26. The van der Waals surface area contributed by atoms with E-state index in [9.17, 15) is 19.1 Å². The van der Waals surface area contributed by atoms with Crippen LogP contribution in [0, 0.1) is 12.7 Å². The summed E-state index contributed by atoms with van der Waals surface area (Å²) in [4.78, 5) is 23.1. The highest BCUT2D eigenvalue weighted by Gasteiger charge is 2.20. The molecule has 1 aliphatic carbocycles. The Kier molecular flexibility index (Phi) is 4.17. The standard InChI is InChI=1S/C15H16FNO3/c1-9-6-7-10(8-13(9)16)17-14(18)11-4-2-3-5-12(11)15(19)20/h6-8H,2-5H2,1H3,(H,17,18)(H,19,20)/p-1. The van der Waals surface area contributed by atoms with E-state index in [0.29, 0.717) is 24.1 Å². The first-order valence-electron chi connectivity index (χ1n) is 6.50. The third-order valence-electron chi connectivity index (χ3n) is 3.42. The number of halogens is 1. The number of carboxylic acids is 1. The zero-order valence-electron chi connectivity index (χ0n) is 11.2. The van der Waals surface area contributed by atoms with Crippen LogP contribution in [0.25, 0.3) is 0 Å². The number of nitrogens with one attached hydrogen (secondary N) is 1. The predicted molar refractivity (Wildman–Crippen MR) is 70.3 cm³/mol. The molecular formula is C15H15FNO3-. The molecule has 0 spiro atoms. The Balaban J connectivity index is 2.22. The van der Waals surface area contributed by atoms with Gasteiger partial charge in [0.25, 0.3) is 5.91 Å². The summed E-state index contributed by atoms with van der Waals surface area (Å²) in [7, 11) is 0. The van der Waals surface area contributed by atoms with Gasteiger partial charge in [-0.25, -0.2) is 4.39 Å². The number of amides is 1. The van der Waals surface area contributed by atoms with Gasteiger partial charge in [0.05, 0.1) is 5.97 Å². The molecule has 1 amide bonds. The third kappa shape index (κ3) is 3.04. The van der Waals surface area contributed by atoms with Crippen LogP contribution < -0.4 is 10.4 Å². The minimum atomic E-state index is -1.30. The van der Waals surface area contributed by atoms with E-state index < -0.39 is 17.7 Å². The highest BCUT2D eigenvalue weighted by atomic mass is 19.1. The monoisotopic (exact) mass is 276 g/mol. The lowest BCUT2D eigenvalue weighted by atomic mass is 9.91. The molecule has 0 fully saturated rings. The maximum atomic E-state index is 13.4. The van der Waals surface area contributed by atoms with E-state index in [1.807, 2.05) is 0 Å². The molecular weight excluding hydrogens is 261 g/mol. The van der Waals surface area contributed by atoms with E-state index in [1.54, 1.807) is 19.1 Å². The van der Waals surface area contributed by atoms with Gasteiger partial charge in [-0.3, -0.25) is 4.79 Å². The summed E-state index contributed by atoms with van der Waals surface area (Å²) in [5.74, 6) is -2.21. The van der Waals surface area contributed by atoms with E-state index in [0.717, 1.165) is 12.8 Å². The van der Waals surface area contributed by atoms with Gasteiger partial charge in [0.15, 0.2) is 0 Å². The molecule has 1 aliphatic rings. The Bertz CT molecular complexity index is 593. The molecule has 2 rings (SSSR count). The molecule has 1 aromatic rings. The van der Waals surface area contributed by atoms with Crippen molar-refractivity contribution >= 4 is 17.6 Å². The quantitative estimate of drug-likeness (QED) is 0.913. The Morgan fingerprint density at radius 1 is 1.20 bits per heavy atom. The smallest absolute Gasteiger partial charge is 0.251 e. The second-order valence-corrected chi connectivity index (χ2v) is 4.87. The van der Waals surface area contributed by atoms with E-state index in [1.165, 1.54) is 6.07 Å². The molecule has 4 nitrogen and oxygen atoms in total. The molecule has 0 saturated carbocycles. The van der Waals surface area contributed by atoms with E-state index in [4.69, 9.17) is 0 Å². The number of aliphatic carboxylic acids is 1. The molecule has 1 N–H and O–H groups in total. The summed E-state index contributed by atoms with van der Waals surface area (Å²) in [6.45, 7) is 1.62. The van der Waals surface area contributed by atoms with Crippen molar-refractivity contribution in [2.24, 2.45) is 0 Å². The number of hydrogen-bond acceptors (Lipinski definition) is 3. The zero-order valence-corrected chi connectivity index (χ0v) is 11.2. The van der Waals surface area contributed by atoms with E-state index in [2.05, 4.69) is 5.32 Å². The van der Waals surface area contributed by atoms with Crippen molar-refractivity contribution in [2.75, 3.05) is 5.32 Å². The number of carbonyl (C=O) groups is 2. The number of carbonyl (C=O) groups excluding carboxylic acids is 2. The lowest BCUT2D eigenvalue weighted by molar-refractivity contribution is -0.299. The lowest BCUT2D eigenvalue weighted by Crippen LogP contribution is -2.30. The van der Waals surface area contributed by atoms with Gasteiger partial charge in [-0.05, 0) is 55.9 Å². The van der Waals surface area contributed by atoms with Crippen LogP contribution in [-0.2, 0) is 9.59 Å². The Morgan fingerprint density at radius 2 is 1.85 bits per heavy atom. The second-order valence-electron chi connectivity index (χ2n) is 4.87. The summed E-state index contributed by atoms with van der Waals surface area (Å²) >= 11 is 0. The average molecular weight is 276 g/mol. The van der Waals surface area contributed by atoms with Crippen molar-refractivity contribution in [1.82, 2.24) is 0 Å². The first kappa shape index (κ1) is 14.2. The van der Waals surface area contributed by atoms with Crippen molar-refractivity contribution in [2.45, 2.75) is 32.6 Å². The van der Waals surface area contributed by atoms with Crippen LogP contribution >= 0.6 is 0 Å². The molecule has 0 saturated heterocycles. The van der Waals surface area contributed by atoms with E-state index >= 15 is 0 Å². The lowest BCUT2D eigenvalue weighted by Gasteiger charge is -2.20. The van der Waals surface area contributed by atoms with Gasteiger partial charge in [-0.15, -0.1) is 0 Å². The number of benzene rings is 1. The molecule has 0 heterocycles. The van der Waals surface area contributed by atoms with Crippen LogP contribution in [0.5, 0.6) is 0 Å². The second kappa shape index (κ2) is 5.86. The molecule has 5 heteroatoms. The number of anilines is 1. The topological polar surface area (TPSA) is 69.2 Å². The predicted octanol–water partition coefficient (Wildman–Crippen LogP) is 1.69. The van der Waals surface area contributed by atoms with Crippen LogP contribution in [0.2, 0.25) is 0 Å². The Labute approximate surface area is 116 Å². The van der Waals surface area contributed by atoms with Crippen molar-refractivity contribution in [1.29, 1.82) is 0 Å². The van der Waals surface area contributed by atoms with Crippen molar-refractivity contribution in [3.05, 3.63) is 40.7 Å². The molecule has 0 bridgehead atoms. The minimum absolute atomic E-state index is 0.0568. The first-order chi connectivity index (χ1) is 9.49. The number of carboxylic acid groups (broad SMARTS) is 1. The number of hydrogen-bond donors (Lipinski definition) is 1. The highest BCUT2D eigenvalue weighted by Crippen LogP contribution is 2.25. The van der Waals surface area contributed by atoms with E-state index in [-0.39, 0.29) is 11.1 Å². The number of rotatable bonds is 3. The van der Waals surface area contributed by atoms with Gasteiger partial charge >= 0.3 is 0 Å². The van der Waals surface area contributed by atoms with Crippen molar-refractivity contribution in [3.63, 3.8) is 0 Å². The van der Waals surface area contributed by atoms with Crippen LogP contribution in [0.1, 0.15) is 31.2 Å². The molecule has 0 aromatic heterocycles. The summed E-state index contributed by atoms with van der Waals surface area (Å²) in [6.07, 6.45) is 2.25. The van der Waals surface area contributed by atoms with Gasteiger partial charge in [0.1, 0.15) is 5.82 Å². The molecule has 0 radical (unpaired) electrons. The van der Waals surface area contributed by atoms with Crippen molar-refractivity contribution in [3.8, 4) is 0 Å². The van der Waals surface area contributed by atoms with Crippen molar-refractivity contribution < 1.29 is 19.1 Å². The maximum Gasteiger partial charge on any atom is 0.251 e. The molecule has 0 unspecified atom stereocenters. The molecule has 106 valence electrons. The van der Waals surface area contributed by atoms with Gasteiger partial charge < -0.3 is 15.2 Å². The minimum Gasteiger partial charge on any atom is -0.545 e. The fraction of sp³-hybridized carbons (Fsp3) is 0.333. The average Bonchev–Trinajstić information content (AvgIpc) is 2.43. The SMILES string of the molecule is Cc1ccc(NC(=O)C2=C(C(=O)[O-])CCCC2)cc1F. The fourth-order valence-corrected chi connectivity index (χ4v) is 2.26. The molecule has 1 aromatic carbocycles. The van der Waals surface area contributed by atoms with Gasteiger partial charge in [-0.1, -0.05) is 6.07 Å².